The molecule has 1 fully saturated rings. The fourth-order valence-corrected chi connectivity index (χ4v) is 5.59. The number of nitrogens with zero attached hydrogens (tertiary/aromatic N) is 3. The molecule has 0 bridgehead atoms. The van der Waals surface area contributed by atoms with Crippen LogP contribution < -0.4 is 11.2 Å². The molecule has 1 N–H and O–H groups in total. The van der Waals surface area contributed by atoms with Crippen LogP contribution >= 0.6 is 15.9 Å². The minimum Gasteiger partial charge on any atom is -0.340 e. The van der Waals surface area contributed by atoms with Gasteiger partial charge in [-0.2, -0.15) is 0 Å². The first-order valence-corrected chi connectivity index (χ1v) is 14.4. The lowest BCUT2D eigenvalue weighted by atomic mass is 10.2. The van der Waals surface area contributed by atoms with E-state index >= 15 is 4.39 Å². The molecule has 6 atom stereocenters. The summed E-state index contributed by atoms with van der Waals surface area (Å²) >= 11 is 0. The summed E-state index contributed by atoms with van der Waals surface area (Å²) in [6.45, 7) is 16.2. The largest absolute Gasteiger partial charge is 0.340 e. The van der Waals surface area contributed by atoms with Gasteiger partial charge in [-0.3, -0.25) is 18.9 Å². The molecule has 1 aliphatic rings. The zero-order chi connectivity index (χ0) is 26.3. The van der Waals surface area contributed by atoms with Crippen LogP contribution in [0.15, 0.2) is 21.9 Å². The smallest absolute Gasteiger partial charge is 0.330 e. The van der Waals surface area contributed by atoms with Crippen molar-refractivity contribution in [3.8, 4) is 0 Å². The van der Waals surface area contributed by atoms with Gasteiger partial charge in [0.1, 0.15) is 13.0 Å². The van der Waals surface area contributed by atoms with Crippen LogP contribution in [-0.2, 0) is 27.6 Å². The predicted molar refractivity (Wildman–Crippen MR) is 128 cm³/mol. The van der Waals surface area contributed by atoms with Gasteiger partial charge < -0.3 is 27.9 Å². The van der Waals surface area contributed by atoms with E-state index in [0.717, 1.165) is 16.8 Å². The third-order valence-electron chi connectivity index (χ3n) is 4.98. The summed E-state index contributed by atoms with van der Waals surface area (Å²) in [5.74, 6) is 0. The summed E-state index contributed by atoms with van der Waals surface area (Å²) in [5, 5.41) is 0. The van der Waals surface area contributed by atoms with E-state index in [4.69, 9.17) is 29.6 Å². The highest BCUT2D eigenvalue weighted by Crippen LogP contribution is 2.51. The average Bonchev–Trinajstić information content (AvgIpc) is 3.07. The van der Waals surface area contributed by atoms with E-state index in [1.807, 2.05) is 32.4 Å². The minimum absolute atomic E-state index is 0.0456. The zero-order valence-electron chi connectivity index (χ0n) is 20.6. The molecule has 1 saturated heterocycles. The lowest BCUT2D eigenvalue weighted by molar-refractivity contribution is -0.165. The molecule has 35 heavy (non-hydrogen) atoms. The van der Waals surface area contributed by atoms with Crippen molar-refractivity contribution >= 4 is 15.9 Å². The topological polar surface area (TPSA) is 126 Å². The fourth-order valence-electron chi connectivity index (χ4n) is 3.35. The van der Waals surface area contributed by atoms with Crippen LogP contribution in [0, 0.1) is 6.57 Å². The highest BCUT2D eigenvalue weighted by Gasteiger charge is 2.51. The van der Waals surface area contributed by atoms with Crippen molar-refractivity contribution < 1.29 is 32.0 Å². The molecule has 198 valence electrons. The SMILES string of the molecule is [C-]#[N+]CCOP(OC1[C@@H](OCP(C)(=O)OC)O[C@@H](n2ccc(=O)[nH]c2=O)[C@H]1F)N(C(C)C)C(C)C. The monoisotopic (exact) mass is 538 g/mol. The quantitative estimate of drug-likeness (QED) is 0.229. The summed E-state index contributed by atoms with van der Waals surface area (Å²) in [4.78, 5) is 29.1. The first-order chi connectivity index (χ1) is 16.4. The van der Waals surface area contributed by atoms with E-state index in [9.17, 15) is 14.2 Å². The Morgan fingerprint density at radius 1 is 1.34 bits per heavy atom. The summed E-state index contributed by atoms with van der Waals surface area (Å²) in [7, 11) is -3.76. The maximum absolute atomic E-state index is 15.8. The molecule has 12 nitrogen and oxygen atoms in total. The molecular weight excluding hydrogens is 505 g/mol. The van der Waals surface area contributed by atoms with Crippen molar-refractivity contribution in [2.45, 2.75) is 64.6 Å². The molecule has 2 rings (SSSR count). The van der Waals surface area contributed by atoms with Gasteiger partial charge in [0.15, 0.2) is 24.8 Å². The number of halogens is 1. The fraction of sp³-hybridized carbons (Fsp3) is 0.750. The van der Waals surface area contributed by atoms with Crippen LogP contribution in [0.3, 0.4) is 0 Å². The van der Waals surface area contributed by atoms with Gasteiger partial charge >= 0.3 is 5.69 Å². The summed E-state index contributed by atoms with van der Waals surface area (Å²) < 4.78 is 59.1. The van der Waals surface area contributed by atoms with E-state index in [1.165, 1.54) is 13.8 Å². The Morgan fingerprint density at radius 2 is 2.00 bits per heavy atom. The van der Waals surface area contributed by atoms with Gasteiger partial charge in [-0.1, -0.05) is 0 Å². The molecule has 0 spiro atoms. The first-order valence-electron chi connectivity index (χ1n) is 11.0. The Hall–Kier alpha value is -1.48. The third kappa shape index (κ3) is 8.00. The van der Waals surface area contributed by atoms with Crippen molar-refractivity contribution in [3.05, 3.63) is 44.5 Å². The van der Waals surface area contributed by atoms with E-state index < -0.39 is 51.9 Å². The summed E-state index contributed by atoms with van der Waals surface area (Å²) in [6.07, 6.45) is -5.43. The van der Waals surface area contributed by atoms with Gasteiger partial charge in [0, 0.05) is 38.1 Å². The predicted octanol–water partition coefficient (Wildman–Crippen LogP) is 2.92. The van der Waals surface area contributed by atoms with Crippen molar-refractivity contribution in [2.75, 3.05) is 33.3 Å². The van der Waals surface area contributed by atoms with E-state index in [2.05, 4.69) is 9.83 Å². The molecule has 2 heterocycles. The normalized spacial score (nSPS) is 25.2. The van der Waals surface area contributed by atoms with Gasteiger partial charge in [0.2, 0.25) is 13.9 Å². The third-order valence-corrected chi connectivity index (χ3v) is 8.49. The number of hydrogen-bond donors (Lipinski definition) is 1. The lowest BCUT2D eigenvalue weighted by Crippen LogP contribution is -2.39. The molecule has 0 amide bonds. The summed E-state index contributed by atoms with van der Waals surface area (Å²) in [5.41, 5.74) is -1.52. The number of aromatic amines is 1. The second-order valence-electron chi connectivity index (χ2n) is 8.44. The highest BCUT2D eigenvalue weighted by atomic mass is 31.2. The van der Waals surface area contributed by atoms with Crippen LogP contribution in [0.1, 0.15) is 33.9 Å². The van der Waals surface area contributed by atoms with E-state index in [-0.39, 0.29) is 31.6 Å². The van der Waals surface area contributed by atoms with Gasteiger partial charge in [0.05, 0.1) is 0 Å². The van der Waals surface area contributed by atoms with Gasteiger partial charge in [0.25, 0.3) is 14.1 Å². The van der Waals surface area contributed by atoms with Gasteiger partial charge in [-0.05, 0) is 27.7 Å². The van der Waals surface area contributed by atoms with Crippen molar-refractivity contribution in [1.82, 2.24) is 14.2 Å². The number of hydrogen-bond acceptors (Lipinski definition) is 9. The minimum atomic E-state index is -3.15. The van der Waals surface area contributed by atoms with Crippen molar-refractivity contribution in [3.63, 3.8) is 0 Å². The lowest BCUT2D eigenvalue weighted by Gasteiger charge is -2.37. The van der Waals surface area contributed by atoms with Gasteiger partial charge in [-0.15, -0.1) is 0 Å². The molecule has 1 aromatic rings. The summed E-state index contributed by atoms with van der Waals surface area (Å²) in [6, 6.07) is 0.971. The van der Waals surface area contributed by atoms with Crippen LogP contribution in [0.4, 0.5) is 4.39 Å². The maximum Gasteiger partial charge on any atom is 0.330 e. The van der Waals surface area contributed by atoms with Crippen LogP contribution in [0.25, 0.3) is 4.85 Å². The molecule has 1 aromatic heterocycles. The van der Waals surface area contributed by atoms with E-state index in [1.54, 1.807) is 0 Å². The van der Waals surface area contributed by atoms with Crippen molar-refractivity contribution in [1.29, 1.82) is 0 Å². The van der Waals surface area contributed by atoms with Crippen LogP contribution in [0.5, 0.6) is 0 Å². The second-order valence-corrected chi connectivity index (χ2v) is 12.5. The first kappa shape index (κ1) is 29.7. The Balaban J connectivity index is 2.40. The Morgan fingerprint density at radius 3 is 2.54 bits per heavy atom. The standard InChI is InChI=1S/C20H33FN4O8P2/c1-13(2)25(14(3)4)34(31-11-9-22-5)33-17-16(21)18(24-10-8-15(26)23-20(24)27)32-19(17)30-12-35(7,28)29-6/h8,10,13-14,16-19H,9,11-12H2,1-4,6-7H3,(H,23,26,27)/t16-,17?,18+,19-,34?,35?/m0/s1. The number of ether oxygens (including phenoxy) is 2. The van der Waals surface area contributed by atoms with E-state index in [0.29, 0.717) is 0 Å². The molecular formula is C20H33FN4O8P2. The molecule has 1 aliphatic heterocycles. The Labute approximate surface area is 204 Å². The average molecular weight is 538 g/mol. The van der Waals surface area contributed by atoms with Crippen molar-refractivity contribution in [2.24, 2.45) is 0 Å². The highest BCUT2D eigenvalue weighted by molar-refractivity contribution is 7.57. The number of alkyl halides is 1. The molecule has 0 aromatic carbocycles. The van der Waals surface area contributed by atoms with Crippen LogP contribution in [-0.4, -0.2) is 78.1 Å². The number of aromatic nitrogens is 2. The Bertz CT molecular complexity index is 1020. The van der Waals surface area contributed by atoms with Crippen LogP contribution in [0.2, 0.25) is 0 Å². The molecule has 0 saturated carbocycles. The maximum atomic E-state index is 15.8. The number of rotatable bonds is 13. The number of H-pyrrole nitrogens is 1. The zero-order valence-corrected chi connectivity index (χ0v) is 22.4. The second kappa shape index (κ2) is 13.2. The number of nitrogens with one attached hydrogen (secondary N) is 1. The molecule has 3 unspecified atom stereocenters. The van der Waals surface area contributed by atoms with Gasteiger partial charge in [-0.25, -0.2) is 20.4 Å². The molecule has 15 heteroatoms. The molecule has 0 radical (unpaired) electrons. The molecule has 0 aliphatic carbocycles. The Kier molecular flexibility index (Phi) is 11.2.